The first-order valence-electron chi connectivity index (χ1n) is 12.8. The SMILES string of the molecule is Cc1c(Cl)ccc2c1NC(=O)[C@@]21[C@H](C(=O)c2cccc([N+](=O)[O-])c2)[C@]2(C(=O)Nc3ccccc32)[C@H]2CCCN21. The van der Waals surface area contributed by atoms with Crippen molar-refractivity contribution in [2.45, 2.75) is 36.8 Å². The van der Waals surface area contributed by atoms with Crippen LogP contribution in [0.3, 0.4) is 0 Å². The second-order valence-corrected chi connectivity index (χ2v) is 11.0. The minimum absolute atomic E-state index is 0.0817. The number of nitro groups is 1. The fourth-order valence-electron chi connectivity index (χ4n) is 7.67. The lowest BCUT2D eigenvalue weighted by Crippen LogP contribution is -2.55. The van der Waals surface area contributed by atoms with Gasteiger partial charge in [-0.2, -0.15) is 0 Å². The molecule has 0 radical (unpaired) electrons. The summed E-state index contributed by atoms with van der Waals surface area (Å²) in [5, 5.41) is 18.1. The van der Waals surface area contributed by atoms with E-state index >= 15 is 0 Å². The zero-order chi connectivity index (χ0) is 27.3. The van der Waals surface area contributed by atoms with Gasteiger partial charge in [0.25, 0.3) is 5.69 Å². The first kappa shape index (κ1) is 24.0. The molecule has 0 unspecified atom stereocenters. The molecule has 7 rings (SSSR count). The number of para-hydroxylation sites is 1. The zero-order valence-electron chi connectivity index (χ0n) is 20.9. The van der Waals surface area contributed by atoms with E-state index in [1.54, 1.807) is 18.2 Å². The van der Waals surface area contributed by atoms with Gasteiger partial charge in [-0.05, 0) is 49.6 Å². The molecule has 196 valence electrons. The summed E-state index contributed by atoms with van der Waals surface area (Å²) in [5.74, 6) is -2.42. The third-order valence-corrected chi connectivity index (χ3v) is 9.51. The van der Waals surface area contributed by atoms with E-state index in [0.717, 1.165) is 6.42 Å². The summed E-state index contributed by atoms with van der Waals surface area (Å²) in [6.07, 6.45) is 1.36. The summed E-state index contributed by atoms with van der Waals surface area (Å²) >= 11 is 6.44. The lowest BCUT2D eigenvalue weighted by Gasteiger charge is -2.38. The van der Waals surface area contributed by atoms with Gasteiger partial charge in [-0.1, -0.05) is 48.0 Å². The van der Waals surface area contributed by atoms with Crippen molar-refractivity contribution in [3.8, 4) is 0 Å². The number of carbonyl (C=O) groups is 3. The van der Waals surface area contributed by atoms with Crippen LogP contribution in [0.2, 0.25) is 5.02 Å². The van der Waals surface area contributed by atoms with Gasteiger partial charge in [0.1, 0.15) is 11.0 Å². The van der Waals surface area contributed by atoms with Gasteiger partial charge in [0.2, 0.25) is 11.8 Å². The molecule has 0 aliphatic carbocycles. The van der Waals surface area contributed by atoms with E-state index in [0.29, 0.717) is 46.1 Å². The molecule has 2 spiro atoms. The highest BCUT2D eigenvalue weighted by Crippen LogP contribution is 2.66. The van der Waals surface area contributed by atoms with E-state index in [-0.39, 0.29) is 17.2 Å². The summed E-state index contributed by atoms with van der Waals surface area (Å²) < 4.78 is 0. The molecule has 2 fully saturated rings. The van der Waals surface area contributed by atoms with Gasteiger partial charge in [-0.3, -0.25) is 29.4 Å². The highest BCUT2D eigenvalue weighted by molar-refractivity contribution is 6.32. The molecule has 4 atom stereocenters. The average molecular weight is 543 g/mol. The molecule has 9 nitrogen and oxygen atoms in total. The zero-order valence-corrected chi connectivity index (χ0v) is 21.6. The van der Waals surface area contributed by atoms with Crippen molar-refractivity contribution in [2.24, 2.45) is 5.92 Å². The molecule has 10 heteroatoms. The highest BCUT2D eigenvalue weighted by atomic mass is 35.5. The number of fused-ring (bicyclic) bond motifs is 7. The largest absolute Gasteiger partial charge is 0.325 e. The molecule has 2 amide bonds. The number of halogens is 1. The van der Waals surface area contributed by atoms with Gasteiger partial charge in [0, 0.05) is 40.0 Å². The minimum atomic E-state index is -1.51. The lowest BCUT2D eigenvalue weighted by atomic mass is 9.60. The lowest BCUT2D eigenvalue weighted by molar-refractivity contribution is -0.384. The van der Waals surface area contributed by atoms with Crippen molar-refractivity contribution in [2.75, 3.05) is 17.2 Å². The Morgan fingerprint density at radius 2 is 1.85 bits per heavy atom. The molecule has 3 aromatic rings. The van der Waals surface area contributed by atoms with Crippen LogP contribution in [0, 0.1) is 23.0 Å². The Bertz CT molecular complexity index is 1660. The number of hydrogen-bond donors (Lipinski definition) is 2. The Kier molecular flexibility index (Phi) is 4.90. The van der Waals surface area contributed by atoms with E-state index in [1.807, 2.05) is 30.0 Å². The number of nitrogens with zero attached hydrogens (tertiary/aromatic N) is 2. The number of anilines is 2. The fourth-order valence-corrected chi connectivity index (χ4v) is 7.83. The number of carbonyl (C=O) groups excluding carboxylic acids is 3. The topological polar surface area (TPSA) is 122 Å². The Morgan fingerprint density at radius 3 is 2.64 bits per heavy atom. The second kappa shape index (κ2) is 7.97. The number of benzene rings is 3. The maximum Gasteiger partial charge on any atom is 0.270 e. The second-order valence-electron chi connectivity index (χ2n) is 10.6. The molecular formula is C29H23ClN4O5. The number of amides is 2. The van der Waals surface area contributed by atoms with E-state index in [4.69, 9.17) is 11.6 Å². The smallest absolute Gasteiger partial charge is 0.270 e. The molecule has 39 heavy (non-hydrogen) atoms. The van der Waals surface area contributed by atoms with Gasteiger partial charge in [0.15, 0.2) is 5.78 Å². The van der Waals surface area contributed by atoms with Crippen molar-refractivity contribution in [1.29, 1.82) is 0 Å². The predicted octanol–water partition coefficient (Wildman–Crippen LogP) is 4.57. The van der Waals surface area contributed by atoms with E-state index in [2.05, 4.69) is 10.6 Å². The molecular weight excluding hydrogens is 520 g/mol. The number of nitro benzene ring substituents is 1. The number of hydrogen-bond acceptors (Lipinski definition) is 6. The van der Waals surface area contributed by atoms with Gasteiger partial charge in [-0.15, -0.1) is 0 Å². The van der Waals surface area contributed by atoms with Crippen LogP contribution < -0.4 is 10.6 Å². The maximum atomic E-state index is 14.8. The molecule has 3 aromatic carbocycles. The van der Waals surface area contributed by atoms with Crippen molar-refractivity contribution in [3.05, 3.63) is 98.1 Å². The van der Waals surface area contributed by atoms with E-state index in [9.17, 15) is 24.5 Å². The van der Waals surface area contributed by atoms with Crippen LogP contribution in [0.25, 0.3) is 0 Å². The molecule has 4 aliphatic heterocycles. The summed E-state index contributed by atoms with van der Waals surface area (Å²) in [6.45, 7) is 2.32. The molecule has 0 aromatic heterocycles. The quantitative estimate of drug-likeness (QED) is 0.284. The van der Waals surface area contributed by atoms with Crippen LogP contribution in [-0.2, 0) is 20.5 Å². The summed E-state index contributed by atoms with van der Waals surface area (Å²) in [5.41, 5.74) is 0.0279. The van der Waals surface area contributed by atoms with Gasteiger partial charge < -0.3 is 10.6 Å². The third-order valence-electron chi connectivity index (χ3n) is 9.10. The van der Waals surface area contributed by atoms with Crippen molar-refractivity contribution >= 4 is 46.3 Å². The van der Waals surface area contributed by atoms with Crippen LogP contribution in [-0.4, -0.2) is 40.0 Å². The van der Waals surface area contributed by atoms with Crippen LogP contribution in [0.4, 0.5) is 17.1 Å². The molecule has 4 heterocycles. The number of rotatable bonds is 3. The Morgan fingerprint density at radius 1 is 1.05 bits per heavy atom. The monoisotopic (exact) mass is 542 g/mol. The standard InChI is InChI=1S/C29H23ClN4O5/c1-15-20(30)12-11-19-23(15)32-27(37)29(19)25(24(35)16-6-4-7-17(14-16)34(38)39)28(22-10-5-13-33(22)29)18-8-2-3-9-21(18)31-26(28)36/h2-4,6-9,11-12,14,22,25H,5,10,13H2,1H3,(H,31,36)(H,32,37)/t22-,25-,28-,29+/m1/s1. The average Bonchev–Trinajstić information content (AvgIpc) is 3.65. The van der Waals surface area contributed by atoms with Crippen LogP contribution >= 0.6 is 11.6 Å². The van der Waals surface area contributed by atoms with Crippen LogP contribution in [0.5, 0.6) is 0 Å². The summed E-state index contributed by atoms with van der Waals surface area (Å²) in [7, 11) is 0. The number of ketones is 1. The molecule has 4 aliphatic rings. The van der Waals surface area contributed by atoms with Crippen LogP contribution in [0.15, 0.2) is 60.7 Å². The van der Waals surface area contributed by atoms with Crippen molar-refractivity contribution in [3.63, 3.8) is 0 Å². The highest BCUT2D eigenvalue weighted by Gasteiger charge is 2.78. The van der Waals surface area contributed by atoms with Crippen molar-refractivity contribution in [1.82, 2.24) is 4.90 Å². The van der Waals surface area contributed by atoms with Gasteiger partial charge >= 0.3 is 0 Å². The fraction of sp³-hybridized carbons (Fsp3) is 0.276. The maximum absolute atomic E-state index is 14.8. The van der Waals surface area contributed by atoms with E-state index in [1.165, 1.54) is 24.3 Å². The summed E-state index contributed by atoms with van der Waals surface area (Å²) in [4.78, 5) is 56.5. The van der Waals surface area contributed by atoms with Gasteiger partial charge in [0.05, 0.1) is 16.5 Å². The Labute approximate surface area is 228 Å². The first-order chi connectivity index (χ1) is 18.7. The molecule has 0 bridgehead atoms. The van der Waals surface area contributed by atoms with Crippen molar-refractivity contribution < 1.29 is 19.3 Å². The Balaban J connectivity index is 1.58. The van der Waals surface area contributed by atoms with E-state index < -0.39 is 39.5 Å². The van der Waals surface area contributed by atoms with Crippen LogP contribution in [0.1, 0.15) is 39.9 Å². The number of Topliss-reactive ketones (excluding diaryl/α,β-unsaturated/α-hetero) is 1. The minimum Gasteiger partial charge on any atom is -0.325 e. The number of non-ortho nitro benzene ring substituents is 1. The predicted molar refractivity (Wildman–Crippen MR) is 144 cm³/mol. The van der Waals surface area contributed by atoms with Gasteiger partial charge in [-0.25, -0.2) is 0 Å². The molecule has 0 saturated carbocycles. The first-order valence-corrected chi connectivity index (χ1v) is 13.2. The third kappa shape index (κ3) is 2.76. The summed E-state index contributed by atoms with van der Waals surface area (Å²) in [6, 6.07) is 15.8. The number of nitrogens with one attached hydrogen (secondary N) is 2. The molecule has 2 N–H and O–H groups in total. The Hall–Kier alpha value is -4.08. The normalized spacial score (nSPS) is 28.4. The molecule has 2 saturated heterocycles.